The second-order valence-corrected chi connectivity index (χ2v) is 7.31. The molecule has 18 heavy (non-hydrogen) atoms. The van der Waals surface area contributed by atoms with Crippen molar-refractivity contribution in [3.63, 3.8) is 0 Å². The van der Waals surface area contributed by atoms with E-state index in [1.54, 1.807) is 7.05 Å². The maximum absolute atomic E-state index is 12.0. The fraction of sp³-hybridized carbons (Fsp3) is 0.500. The summed E-state index contributed by atoms with van der Waals surface area (Å²) >= 11 is 3.41. The van der Waals surface area contributed by atoms with Crippen molar-refractivity contribution in [2.24, 2.45) is 5.92 Å². The highest BCUT2D eigenvalue weighted by molar-refractivity contribution is 9.10. The summed E-state index contributed by atoms with van der Waals surface area (Å²) in [5.41, 5.74) is 0.940. The predicted octanol–water partition coefficient (Wildman–Crippen LogP) is 2.37. The summed E-state index contributed by atoms with van der Waals surface area (Å²) in [6.45, 7) is 4.73. The molecule has 0 aliphatic heterocycles. The molecule has 0 heterocycles. The zero-order chi connectivity index (χ0) is 13.8. The largest absolute Gasteiger partial charge is 0.279 e. The van der Waals surface area contributed by atoms with Crippen molar-refractivity contribution in [1.29, 1.82) is 0 Å². The molecule has 0 radical (unpaired) electrons. The van der Waals surface area contributed by atoms with Crippen LogP contribution in [0.15, 0.2) is 28.7 Å². The van der Waals surface area contributed by atoms with Gasteiger partial charge in [-0.15, -0.1) is 0 Å². The van der Waals surface area contributed by atoms with Crippen LogP contribution < -0.4 is 4.72 Å². The average Bonchev–Trinajstić information content (AvgIpc) is 2.29. The molecule has 4 nitrogen and oxygen atoms in total. The first kappa shape index (κ1) is 15.6. The summed E-state index contributed by atoms with van der Waals surface area (Å²) < 4.78 is 28.7. The number of nitrogens with zero attached hydrogens (tertiary/aromatic N) is 1. The van der Waals surface area contributed by atoms with Gasteiger partial charge in [-0.2, -0.15) is 12.7 Å². The van der Waals surface area contributed by atoms with Crippen molar-refractivity contribution in [3.05, 3.63) is 34.3 Å². The van der Waals surface area contributed by atoms with Crippen molar-refractivity contribution < 1.29 is 8.42 Å². The van der Waals surface area contributed by atoms with Crippen LogP contribution in [-0.2, 0) is 16.8 Å². The van der Waals surface area contributed by atoms with E-state index in [-0.39, 0.29) is 5.92 Å². The molecule has 1 rings (SSSR count). The number of benzene rings is 1. The molecule has 0 fully saturated rings. The molecule has 1 aromatic rings. The van der Waals surface area contributed by atoms with Gasteiger partial charge in [-0.1, -0.05) is 48.0 Å². The monoisotopic (exact) mass is 334 g/mol. The van der Waals surface area contributed by atoms with E-state index in [1.807, 2.05) is 38.1 Å². The fourth-order valence-electron chi connectivity index (χ4n) is 1.33. The van der Waals surface area contributed by atoms with Crippen molar-refractivity contribution in [1.82, 2.24) is 9.03 Å². The summed E-state index contributed by atoms with van der Waals surface area (Å²) in [5, 5.41) is 0. The molecular formula is C12H19BrN2O2S. The van der Waals surface area contributed by atoms with Crippen molar-refractivity contribution in [2.75, 3.05) is 13.6 Å². The van der Waals surface area contributed by atoms with Crippen LogP contribution in [0.5, 0.6) is 0 Å². The van der Waals surface area contributed by atoms with E-state index in [4.69, 9.17) is 0 Å². The Morgan fingerprint density at radius 3 is 2.50 bits per heavy atom. The Bertz CT molecular complexity index is 489. The lowest BCUT2D eigenvalue weighted by Crippen LogP contribution is -2.39. The maximum atomic E-state index is 12.0. The van der Waals surface area contributed by atoms with Gasteiger partial charge >= 0.3 is 0 Å². The minimum absolute atomic E-state index is 0.289. The number of halogens is 1. The number of hydrogen-bond acceptors (Lipinski definition) is 2. The van der Waals surface area contributed by atoms with E-state index in [9.17, 15) is 8.42 Å². The summed E-state index contributed by atoms with van der Waals surface area (Å²) in [7, 11) is -1.84. The van der Waals surface area contributed by atoms with E-state index in [0.29, 0.717) is 13.1 Å². The molecular weight excluding hydrogens is 316 g/mol. The van der Waals surface area contributed by atoms with E-state index in [0.717, 1.165) is 10.0 Å². The third-order valence-electron chi connectivity index (χ3n) is 2.44. The van der Waals surface area contributed by atoms with Gasteiger partial charge in [-0.3, -0.25) is 0 Å². The lowest BCUT2D eigenvalue weighted by molar-refractivity contribution is 0.448. The van der Waals surface area contributed by atoms with E-state index in [2.05, 4.69) is 20.7 Å². The van der Waals surface area contributed by atoms with Crippen LogP contribution >= 0.6 is 15.9 Å². The second kappa shape index (κ2) is 6.65. The number of hydrogen-bond donors (Lipinski definition) is 1. The van der Waals surface area contributed by atoms with Crippen molar-refractivity contribution >= 4 is 26.1 Å². The molecule has 0 spiro atoms. The SMILES string of the molecule is CC(C)CNS(=O)(=O)N(C)Cc1ccccc1Br. The van der Waals surface area contributed by atoms with Gasteiger partial charge < -0.3 is 0 Å². The first-order chi connectivity index (χ1) is 8.33. The molecule has 1 aromatic carbocycles. The Hall–Kier alpha value is -0.430. The van der Waals surface area contributed by atoms with E-state index < -0.39 is 10.2 Å². The summed E-state index contributed by atoms with van der Waals surface area (Å²) in [5.74, 6) is 0.289. The van der Waals surface area contributed by atoms with Gasteiger partial charge in [0.25, 0.3) is 10.2 Å². The van der Waals surface area contributed by atoms with Crippen LogP contribution in [0.3, 0.4) is 0 Å². The maximum Gasteiger partial charge on any atom is 0.279 e. The van der Waals surface area contributed by atoms with E-state index in [1.165, 1.54) is 4.31 Å². The van der Waals surface area contributed by atoms with Gasteiger partial charge in [0.2, 0.25) is 0 Å². The van der Waals surface area contributed by atoms with Crippen LogP contribution in [0.25, 0.3) is 0 Å². The van der Waals surface area contributed by atoms with Gasteiger partial charge in [0.15, 0.2) is 0 Å². The summed E-state index contributed by atoms with van der Waals surface area (Å²) in [6, 6.07) is 7.59. The molecule has 0 bridgehead atoms. The minimum Gasteiger partial charge on any atom is -0.202 e. The van der Waals surface area contributed by atoms with Crippen LogP contribution in [-0.4, -0.2) is 26.3 Å². The first-order valence-electron chi connectivity index (χ1n) is 5.77. The first-order valence-corrected chi connectivity index (χ1v) is 8.00. The molecule has 0 amide bonds. The van der Waals surface area contributed by atoms with Gasteiger partial charge in [0.1, 0.15) is 0 Å². The molecule has 0 unspecified atom stereocenters. The smallest absolute Gasteiger partial charge is 0.202 e. The molecule has 0 aliphatic carbocycles. The lowest BCUT2D eigenvalue weighted by Gasteiger charge is -2.19. The summed E-state index contributed by atoms with van der Waals surface area (Å²) in [6.07, 6.45) is 0. The number of nitrogens with one attached hydrogen (secondary N) is 1. The second-order valence-electron chi connectivity index (χ2n) is 4.59. The Labute approximate surface area is 118 Å². The molecule has 0 atom stereocenters. The van der Waals surface area contributed by atoms with Gasteiger partial charge in [0.05, 0.1) is 0 Å². The normalized spacial score (nSPS) is 12.3. The van der Waals surface area contributed by atoms with Crippen LogP contribution in [0, 0.1) is 5.92 Å². The van der Waals surface area contributed by atoms with E-state index >= 15 is 0 Å². The minimum atomic E-state index is -3.41. The standard InChI is InChI=1S/C12H19BrN2O2S/c1-10(2)8-14-18(16,17)15(3)9-11-6-4-5-7-12(11)13/h4-7,10,14H,8-9H2,1-3H3. The predicted molar refractivity (Wildman–Crippen MR) is 77.4 cm³/mol. The molecule has 102 valence electrons. The molecule has 0 saturated carbocycles. The Balaban J connectivity index is 2.70. The molecule has 6 heteroatoms. The van der Waals surface area contributed by atoms with Crippen molar-refractivity contribution in [3.8, 4) is 0 Å². The van der Waals surface area contributed by atoms with Crippen LogP contribution in [0.1, 0.15) is 19.4 Å². The van der Waals surface area contributed by atoms with Crippen molar-refractivity contribution in [2.45, 2.75) is 20.4 Å². The molecule has 1 N–H and O–H groups in total. The van der Waals surface area contributed by atoms with Crippen LogP contribution in [0.4, 0.5) is 0 Å². The Morgan fingerprint density at radius 1 is 1.33 bits per heavy atom. The Morgan fingerprint density at radius 2 is 1.94 bits per heavy atom. The number of rotatable bonds is 6. The van der Waals surface area contributed by atoms with Crippen LogP contribution in [0.2, 0.25) is 0 Å². The zero-order valence-corrected chi connectivity index (χ0v) is 13.3. The molecule has 0 aromatic heterocycles. The zero-order valence-electron chi connectivity index (χ0n) is 10.9. The average molecular weight is 335 g/mol. The highest BCUT2D eigenvalue weighted by atomic mass is 79.9. The fourth-order valence-corrected chi connectivity index (χ4v) is 2.82. The summed E-state index contributed by atoms with van der Waals surface area (Å²) in [4.78, 5) is 0. The quantitative estimate of drug-likeness (QED) is 0.868. The third kappa shape index (κ3) is 4.68. The van der Waals surface area contributed by atoms with Gasteiger partial charge in [-0.05, 0) is 17.5 Å². The van der Waals surface area contributed by atoms with Gasteiger partial charge in [-0.25, -0.2) is 4.72 Å². The molecule has 0 saturated heterocycles. The topological polar surface area (TPSA) is 49.4 Å². The third-order valence-corrected chi connectivity index (χ3v) is 4.69. The Kier molecular flexibility index (Phi) is 5.78. The molecule has 0 aliphatic rings. The highest BCUT2D eigenvalue weighted by Crippen LogP contribution is 2.18. The lowest BCUT2D eigenvalue weighted by atomic mass is 10.2. The van der Waals surface area contributed by atoms with Gasteiger partial charge in [0, 0.05) is 24.6 Å². The highest BCUT2D eigenvalue weighted by Gasteiger charge is 2.18.